The molecule has 156 valence electrons. The Bertz CT molecular complexity index is 1090. The molecule has 3 rings (SSSR count). The number of halogens is 3. The number of nitrogens with one attached hydrogen (secondary N) is 1. The molecule has 0 aliphatic rings. The fourth-order valence-electron chi connectivity index (χ4n) is 3.17. The number of rotatable bonds is 7. The first kappa shape index (κ1) is 21.3. The molecule has 0 amide bonds. The number of para-hydroxylation sites is 2. The van der Waals surface area contributed by atoms with Crippen molar-refractivity contribution >= 4 is 21.1 Å². The predicted octanol–water partition coefficient (Wildman–Crippen LogP) is 4.23. The summed E-state index contributed by atoms with van der Waals surface area (Å²) in [6.45, 7) is 3.75. The van der Waals surface area contributed by atoms with Crippen LogP contribution in [0.15, 0.2) is 53.4 Å². The molecule has 0 radical (unpaired) electrons. The first-order chi connectivity index (χ1) is 13.6. The molecule has 0 aliphatic carbocycles. The molecule has 0 atom stereocenters. The lowest BCUT2D eigenvalue weighted by molar-refractivity contribution is -0.146. The van der Waals surface area contributed by atoms with Gasteiger partial charge in [-0.25, -0.2) is 18.1 Å². The number of benzene rings is 2. The summed E-state index contributed by atoms with van der Waals surface area (Å²) in [5.41, 5.74) is 1.54. The van der Waals surface area contributed by atoms with Crippen molar-refractivity contribution in [1.29, 1.82) is 0 Å². The van der Waals surface area contributed by atoms with Gasteiger partial charge in [-0.15, -0.1) is 0 Å². The van der Waals surface area contributed by atoms with E-state index in [0.717, 1.165) is 16.6 Å². The smallest absolute Gasteiger partial charge is 0.319 e. The first-order valence-corrected chi connectivity index (χ1v) is 10.7. The van der Waals surface area contributed by atoms with Crippen LogP contribution in [0.25, 0.3) is 11.0 Å². The lowest BCUT2D eigenvalue weighted by atomic mass is 10.0. The van der Waals surface area contributed by atoms with Gasteiger partial charge in [0, 0.05) is 13.1 Å². The van der Waals surface area contributed by atoms with Crippen molar-refractivity contribution in [3.8, 4) is 0 Å². The summed E-state index contributed by atoms with van der Waals surface area (Å²) in [5.74, 6) is -0.598. The normalized spacial score (nSPS) is 12.8. The quantitative estimate of drug-likeness (QED) is 0.616. The van der Waals surface area contributed by atoms with Crippen LogP contribution in [0.5, 0.6) is 0 Å². The molecule has 1 aromatic heterocycles. The Morgan fingerprint density at radius 2 is 1.72 bits per heavy atom. The standard InChI is InChI=1S/C20H22F3N3O2S/c1-14(2)13-15-7-9-16(10-8-15)29(27,28)24-11-12-26-18-6-4-3-5-17(18)25-19(26)20(21,22)23/h3-10,14,24H,11-13H2,1-2H3. The van der Waals surface area contributed by atoms with Gasteiger partial charge in [-0.05, 0) is 42.2 Å². The SMILES string of the molecule is CC(C)Cc1ccc(S(=O)(=O)NCCn2c(C(F)(F)F)nc3ccccc32)cc1. The van der Waals surface area contributed by atoms with Crippen LogP contribution in [0.4, 0.5) is 13.2 Å². The van der Waals surface area contributed by atoms with Crippen LogP contribution in [-0.2, 0) is 29.2 Å². The number of nitrogens with zero attached hydrogens (tertiary/aromatic N) is 2. The number of fused-ring (bicyclic) bond motifs is 1. The minimum atomic E-state index is -4.63. The average Bonchev–Trinajstić information content (AvgIpc) is 3.01. The Hall–Kier alpha value is -2.39. The van der Waals surface area contributed by atoms with Crippen LogP contribution >= 0.6 is 0 Å². The third-order valence-electron chi connectivity index (χ3n) is 4.41. The number of aromatic nitrogens is 2. The van der Waals surface area contributed by atoms with E-state index in [4.69, 9.17) is 0 Å². The number of hydrogen-bond donors (Lipinski definition) is 1. The van der Waals surface area contributed by atoms with Crippen LogP contribution < -0.4 is 4.72 Å². The Kier molecular flexibility index (Phi) is 6.00. The van der Waals surface area contributed by atoms with Crippen LogP contribution in [0, 0.1) is 5.92 Å². The van der Waals surface area contributed by atoms with E-state index in [2.05, 4.69) is 23.6 Å². The molecule has 0 bridgehead atoms. The van der Waals surface area contributed by atoms with Crippen molar-refractivity contribution in [3.63, 3.8) is 0 Å². The Morgan fingerprint density at radius 3 is 2.34 bits per heavy atom. The molecule has 9 heteroatoms. The molecule has 3 aromatic rings. The first-order valence-electron chi connectivity index (χ1n) is 9.19. The minimum absolute atomic E-state index is 0.0801. The molecular formula is C20H22F3N3O2S. The summed E-state index contributed by atoms with van der Waals surface area (Å²) in [6, 6.07) is 12.7. The highest BCUT2D eigenvalue weighted by Crippen LogP contribution is 2.31. The van der Waals surface area contributed by atoms with Crippen LogP contribution in [-0.4, -0.2) is 24.5 Å². The van der Waals surface area contributed by atoms with Gasteiger partial charge >= 0.3 is 6.18 Å². The van der Waals surface area contributed by atoms with E-state index < -0.39 is 22.0 Å². The Balaban J connectivity index is 1.75. The van der Waals surface area contributed by atoms with Crippen molar-refractivity contribution in [3.05, 3.63) is 59.9 Å². The highest BCUT2D eigenvalue weighted by Gasteiger charge is 2.37. The van der Waals surface area contributed by atoms with Crippen molar-refractivity contribution in [2.45, 2.75) is 37.9 Å². The molecule has 0 saturated carbocycles. The molecule has 0 aliphatic heterocycles. The van der Waals surface area contributed by atoms with Gasteiger partial charge in [0.15, 0.2) is 0 Å². The van der Waals surface area contributed by atoms with E-state index in [9.17, 15) is 21.6 Å². The fourth-order valence-corrected chi connectivity index (χ4v) is 4.19. The highest BCUT2D eigenvalue weighted by molar-refractivity contribution is 7.89. The van der Waals surface area contributed by atoms with E-state index in [0.29, 0.717) is 11.4 Å². The fraction of sp³-hybridized carbons (Fsp3) is 0.350. The molecule has 5 nitrogen and oxygen atoms in total. The summed E-state index contributed by atoms with van der Waals surface area (Å²) in [4.78, 5) is 3.73. The minimum Gasteiger partial charge on any atom is -0.319 e. The monoisotopic (exact) mass is 425 g/mol. The van der Waals surface area contributed by atoms with Crippen LogP contribution in [0.3, 0.4) is 0 Å². The van der Waals surface area contributed by atoms with Gasteiger partial charge in [0.25, 0.3) is 0 Å². The maximum atomic E-state index is 13.3. The Labute approximate surface area is 167 Å². The molecule has 29 heavy (non-hydrogen) atoms. The number of sulfonamides is 1. The Morgan fingerprint density at radius 1 is 1.07 bits per heavy atom. The van der Waals surface area contributed by atoms with Gasteiger partial charge in [-0.1, -0.05) is 38.1 Å². The maximum absolute atomic E-state index is 13.3. The zero-order chi connectivity index (χ0) is 21.2. The molecule has 0 spiro atoms. The molecule has 1 N–H and O–H groups in total. The summed E-state index contributed by atoms with van der Waals surface area (Å²) < 4.78 is 68.3. The largest absolute Gasteiger partial charge is 0.449 e. The lowest BCUT2D eigenvalue weighted by Gasteiger charge is -2.13. The van der Waals surface area contributed by atoms with Gasteiger partial charge < -0.3 is 4.57 Å². The molecule has 0 fully saturated rings. The summed E-state index contributed by atoms with van der Waals surface area (Å²) in [5, 5.41) is 0. The van der Waals surface area contributed by atoms with E-state index in [1.54, 1.807) is 24.3 Å². The van der Waals surface area contributed by atoms with Gasteiger partial charge in [0.1, 0.15) is 0 Å². The van der Waals surface area contributed by atoms with Gasteiger partial charge in [0.05, 0.1) is 15.9 Å². The van der Waals surface area contributed by atoms with Crippen molar-refractivity contribution in [2.24, 2.45) is 5.92 Å². The van der Waals surface area contributed by atoms with Gasteiger partial charge in [0.2, 0.25) is 15.8 Å². The third kappa shape index (κ3) is 4.97. The second-order valence-corrected chi connectivity index (χ2v) is 8.98. The van der Waals surface area contributed by atoms with Crippen molar-refractivity contribution < 1.29 is 21.6 Å². The summed E-state index contributed by atoms with van der Waals surface area (Å²) in [6.07, 6.45) is -3.80. The van der Waals surface area contributed by atoms with Crippen molar-refractivity contribution in [1.82, 2.24) is 14.3 Å². The third-order valence-corrected chi connectivity index (χ3v) is 5.89. The van der Waals surface area contributed by atoms with Crippen LogP contribution in [0.1, 0.15) is 25.2 Å². The van der Waals surface area contributed by atoms with E-state index in [1.165, 1.54) is 24.3 Å². The molecular weight excluding hydrogens is 403 g/mol. The molecule has 2 aromatic carbocycles. The maximum Gasteiger partial charge on any atom is 0.449 e. The number of imidazole rings is 1. The van der Waals surface area contributed by atoms with Crippen molar-refractivity contribution in [2.75, 3.05) is 6.54 Å². The average molecular weight is 425 g/mol. The van der Waals surface area contributed by atoms with E-state index >= 15 is 0 Å². The number of alkyl halides is 3. The molecule has 0 unspecified atom stereocenters. The van der Waals surface area contributed by atoms with Crippen LogP contribution in [0.2, 0.25) is 0 Å². The second-order valence-electron chi connectivity index (χ2n) is 7.21. The van der Waals surface area contributed by atoms with E-state index in [-0.39, 0.29) is 23.5 Å². The molecule has 0 saturated heterocycles. The van der Waals surface area contributed by atoms with Gasteiger partial charge in [-0.2, -0.15) is 13.2 Å². The zero-order valence-electron chi connectivity index (χ0n) is 16.1. The van der Waals surface area contributed by atoms with Gasteiger partial charge in [-0.3, -0.25) is 0 Å². The topological polar surface area (TPSA) is 64.0 Å². The summed E-state index contributed by atoms with van der Waals surface area (Å²) in [7, 11) is -3.83. The summed E-state index contributed by atoms with van der Waals surface area (Å²) >= 11 is 0. The zero-order valence-corrected chi connectivity index (χ0v) is 16.9. The highest BCUT2D eigenvalue weighted by atomic mass is 32.2. The number of hydrogen-bond acceptors (Lipinski definition) is 3. The second kappa shape index (κ2) is 8.16. The molecule has 1 heterocycles. The lowest BCUT2D eigenvalue weighted by Crippen LogP contribution is -2.28. The van der Waals surface area contributed by atoms with E-state index in [1.807, 2.05) is 0 Å². The predicted molar refractivity (Wildman–Crippen MR) is 105 cm³/mol.